The van der Waals surface area contributed by atoms with E-state index in [1.54, 1.807) is 6.92 Å². The Morgan fingerprint density at radius 1 is 1.08 bits per heavy atom. The molecule has 0 saturated heterocycles. The number of nitrogens with two attached hydrogens (primary N) is 1. The van der Waals surface area contributed by atoms with Gasteiger partial charge in [-0.2, -0.15) is 0 Å². The highest BCUT2D eigenvalue weighted by Crippen LogP contribution is 2.20. The molecule has 0 aliphatic carbocycles. The van der Waals surface area contributed by atoms with Crippen LogP contribution < -0.4 is 11.1 Å². The second-order valence-corrected chi connectivity index (χ2v) is 5.97. The summed E-state index contributed by atoms with van der Waals surface area (Å²) in [7, 11) is 0. The number of rotatable bonds is 9. The Labute approximate surface area is 149 Å². The molecule has 2 aromatic rings. The fraction of sp³-hybridized carbons (Fsp3) is 0.350. The molecular formula is C20H26N2O3. The van der Waals surface area contributed by atoms with Crippen molar-refractivity contribution in [2.45, 2.75) is 26.0 Å². The van der Waals surface area contributed by atoms with Gasteiger partial charge in [-0.25, -0.2) is 0 Å². The monoisotopic (exact) mass is 342 g/mol. The maximum Gasteiger partial charge on any atom is 0.248 e. The molecule has 134 valence electrons. The van der Waals surface area contributed by atoms with Gasteiger partial charge in [-0.3, -0.25) is 4.79 Å². The Kier molecular flexibility index (Phi) is 7.13. The van der Waals surface area contributed by atoms with Gasteiger partial charge in [0, 0.05) is 12.3 Å². The summed E-state index contributed by atoms with van der Waals surface area (Å²) in [6.45, 7) is 5.93. The number of benzene rings is 2. The highest BCUT2D eigenvalue weighted by atomic mass is 16.5. The zero-order valence-corrected chi connectivity index (χ0v) is 14.8. The lowest BCUT2D eigenvalue weighted by Gasteiger charge is -2.24. The second kappa shape index (κ2) is 9.32. The summed E-state index contributed by atoms with van der Waals surface area (Å²) in [5, 5.41) is 2.89. The van der Waals surface area contributed by atoms with Crippen LogP contribution in [-0.2, 0) is 26.4 Å². The smallest absolute Gasteiger partial charge is 0.248 e. The van der Waals surface area contributed by atoms with E-state index in [1.165, 1.54) is 0 Å². The van der Waals surface area contributed by atoms with Crippen LogP contribution >= 0.6 is 0 Å². The molecule has 0 bridgehead atoms. The van der Waals surface area contributed by atoms with E-state index in [-0.39, 0.29) is 5.91 Å². The molecule has 0 heterocycles. The number of anilines is 1. The average Bonchev–Trinajstić information content (AvgIpc) is 2.62. The van der Waals surface area contributed by atoms with Crippen LogP contribution in [0.15, 0.2) is 54.6 Å². The van der Waals surface area contributed by atoms with E-state index in [2.05, 4.69) is 5.32 Å². The zero-order chi connectivity index (χ0) is 18.1. The molecule has 0 saturated carbocycles. The molecule has 2 aromatic carbocycles. The average molecular weight is 342 g/mol. The van der Waals surface area contributed by atoms with Gasteiger partial charge in [0.05, 0.1) is 19.8 Å². The van der Waals surface area contributed by atoms with Gasteiger partial charge in [0.1, 0.15) is 5.54 Å². The molecule has 1 amide bonds. The topological polar surface area (TPSA) is 73.6 Å². The summed E-state index contributed by atoms with van der Waals surface area (Å²) in [4.78, 5) is 12.6. The molecule has 0 fully saturated rings. The van der Waals surface area contributed by atoms with Crippen molar-refractivity contribution in [3.8, 4) is 0 Å². The first-order chi connectivity index (χ1) is 12.0. The van der Waals surface area contributed by atoms with Crippen LogP contribution in [-0.4, -0.2) is 25.7 Å². The van der Waals surface area contributed by atoms with Gasteiger partial charge in [-0.15, -0.1) is 0 Å². The van der Waals surface area contributed by atoms with E-state index in [9.17, 15) is 4.79 Å². The number of nitrogens with one attached hydrogen (secondary N) is 1. The molecule has 1 atom stereocenters. The normalized spacial score (nSPS) is 13.2. The van der Waals surface area contributed by atoms with Crippen LogP contribution in [0.4, 0.5) is 5.69 Å². The Bertz CT molecular complexity index is 672. The van der Waals surface area contributed by atoms with Crippen molar-refractivity contribution in [2.24, 2.45) is 5.73 Å². The number of carbonyl (C=O) groups is 1. The van der Waals surface area contributed by atoms with E-state index < -0.39 is 5.54 Å². The number of carbonyl (C=O) groups excluding carboxylic acids is 1. The summed E-state index contributed by atoms with van der Waals surface area (Å²) >= 11 is 0. The molecule has 3 N–H and O–H groups in total. The highest BCUT2D eigenvalue weighted by Gasteiger charge is 2.30. The molecule has 5 heteroatoms. The van der Waals surface area contributed by atoms with Crippen LogP contribution in [0.5, 0.6) is 0 Å². The summed E-state index contributed by atoms with van der Waals surface area (Å²) in [6.07, 6.45) is 0. The third kappa shape index (κ3) is 5.67. The summed E-state index contributed by atoms with van der Waals surface area (Å²) in [6, 6.07) is 16.9. The van der Waals surface area contributed by atoms with Gasteiger partial charge >= 0.3 is 0 Å². The molecule has 25 heavy (non-hydrogen) atoms. The van der Waals surface area contributed by atoms with E-state index in [4.69, 9.17) is 15.2 Å². The SMILES string of the molecule is CCOCCOCc1cccc(NC(=O)C(C)(N)c2ccccc2)c1. The standard InChI is InChI=1S/C20H26N2O3/c1-3-24-12-13-25-15-16-8-7-11-18(14-16)22-19(23)20(2,21)17-9-5-4-6-10-17/h4-11,14H,3,12-13,15,21H2,1-2H3,(H,22,23). The van der Waals surface area contributed by atoms with Crippen molar-refractivity contribution in [2.75, 3.05) is 25.1 Å². The summed E-state index contributed by atoms with van der Waals surface area (Å²) in [5.41, 5.74) is 7.58. The largest absolute Gasteiger partial charge is 0.379 e. The molecule has 5 nitrogen and oxygen atoms in total. The van der Waals surface area contributed by atoms with Gasteiger partial charge < -0.3 is 20.5 Å². The Morgan fingerprint density at radius 3 is 2.52 bits per heavy atom. The first kappa shape index (κ1) is 19.1. The molecule has 0 aromatic heterocycles. The van der Waals surface area contributed by atoms with Gasteiger partial charge in [-0.05, 0) is 37.1 Å². The van der Waals surface area contributed by atoms with Gasteiger partial charge in [-0.1, -0.05) is 42.5 Å². The van der Waals surface area contributed by atoms with Gasteiger partial charge in [0.15, 0.2) is 0 Å². The van der Waals surface area contributed by atoms with Crippen molar-refractivity contribution in [1.29, 1.82) is 0 Å². The molecule has 1 unspecified atom stereocenters. The van der Waals surface area contributed by atoms with Crippen molar-refractivity contribution in [3.05, 3.63) is 65.7 Å². The number of ether oxygens (including phenoxy) is 2. The highest BCUT2D eigenvalue weighted by molar-refractivity contribution is 5.98. The van der Waals surface area contributed by atoms with Crippen molar-refractivity contribution >= 4 is 11.6 Å². The van der Waals surface area contributed by atoms with Gasteiger partial charge in [0.25, 0.3) is 0 Å². The first-order valence-electron chi connectivity index (χ1n) is 8.44. The quantitative estimate of drug-likeness (QED) is 0.687. The molecule has 0 aliphatic rings. The minimum Gasteiger partial charge on any atom is -0.379 e. The van der Waals surface area contributed by atoms with Crippen molar-refractivity contribution in [1.82, 2.24) is 0 Å². The third-order valence-electron chi connectivity index (χ3n) is 3.87. The number of amides is 1. The zero-order valence-electron chi connectivity index (χ0n) is 14.8. The lowest BCUT2D eigenvalue weighted by molar-refractivity contribution is -0.120. The first-order valence-corrected chi connectivity index (χ1v) is 8.44. The maximum atomic E-state index is 12.6. The van der Waals surface area contributed by atoms with Crippen molar-refractivity contribution in [3.63, 3.8) is 0 Å². The van der Waals surface area contributed by atoms with E-state index >= 15 is 0 Å². The Balaban J connectivity index is 1.95. The fourth-order valence-electron chi connectivity index (χ4n) is 2.37. The van der Waals surface area contributed by atoms with Crippen LogP contribution in [0.3, 0.4) is 0 Å². The van der Waals surface area contributed by atoms with Crippen LogP contribution in [0.2, 0.25) is 0 Å². The fourth-order valence-corrected chi connectivity index (χ4v) is 2.37. The van der Waals surface area contributed by atoms with E-state index in [1.807, 2.05) is 61.5 Å². The van der Waals surface area contributed by atoms with Crippen LogP contribution in [0.25, 0.3) is 0 Å². The van der Waals surface area contributed by atoms with Crippen LogP contribution in [0, 0.1) is 0 Å². The number of hydrogen-bond donors (Lipinski definition) is 2. The predicted octanol–water partition coefficient (Wildman–Crippen LogP) is 3.05. The second-order valence-electron chi connectivity index (χ2n) is 5.97. The van der Waals surface area contributed by atoms with E-state index in [0.717, 1.165) is 11.1 Å². The number of hydrogen-bond acceptors (Lipinski definition) is 4. The molecule has 2 rings (SSSR count). The third-order valence-corrected chi connectivity index (χ3v) is 3.87. The predicted molar refractivity (Wildman–Crippen MR) is 99.2 cm³/mol. The van der Waals surface area contributed by atoms with Crippen LogP contribution in [0.1, 0.15) is 25.0 Å². The van der Waals surface area contributed by atoms with Crippen molar-refractivity contribution < 1.29 is 14.3 Å². The molecule has 0 spiro atoms. The maximum absolute atomic E-state index is 12.6. The Hall–Kier alpha value is -2.21. The molecular weight excluding hydrogens is 316 g/mol. The lowest BCUT2D eigenvalue weighted by atomic mass is 9.92. The Morgan fingerprint density at radius 2 is 1.80 bits per heavy atom. The minimum absolute atomic E-state index is 0.256. The minimum atomic E-state index is -1.11. The summed E-state index contributed by atoms with van der Waals surface area (Å²) in [5.74, 6) is -0.256. The van der Waals surface area contributed by atoms with E-state index in [0.29, 0.717) is 32.1 Å². The molecule has 0 aliphatic heterocycles. The molecule has 0 radical (unpaired) electrons. The van der Waals surface area contributed by atoms with Gasteiger partial charge in [0.2, 0.25) is 5.91 Å². The lowest BCUT2D eigenvalue weighted by Crippen LogP contribution is -2.45. The summed E-state index contributed by atoms with van der Waals surface area (Å²) < 4.78 is 10.8.